The third-order valence-electron chi connectivity index (χ3n) is 4.13. The molecule has 2 fully saturated rings. The van der Waals surface area contributed by atoms with Crippen LogP contribution in [0.2, 0.25) is 0 Å². The van der Waals surface area contributed by atoms with E-state index in [0.29, 0.717) is 6.04 Å². The van der Waals surface area contributed by atoms with Crippen molar-refractivity contribution in [3.63, 3.8) is 0 Å². The highest BCUT2D eigenvalue weighted by Crippen LogP contribution is 2.20. The van der Waals surface area contributed by atoms with Crippen molar-refractivity contribution in [1.29, 1.82) is 0 Å². The number of guanidine groups is 1. The number of hydrogen-bond acceptors (Lipinski definition) is 3. The van der Waals surface area contributed by atoms with Crippen LogP contribution in [0.3, 0.4) is 0 Å². The lowest BCUT2D eigenvalue weighted by molar-refractivity contribution is 0.186. The smallest absolute Gasteiger partial charge is 0.208 e. The van der Waals surface area contributed by atoms with E-state index in [4.69, 9.17) is 10.8 Å². The van der Waals surface area contributed by atoms with Gasteiger partial charge in [0.1, 0.15) is 0 Å². The maximum Gasteiger partial charge on any atom is 0.208 e. The van der Waals surface area contributed by atoms with Gasteiger partial charge >= 0.3 is 0 Å². The standard InChI is InChI=1S/C13H27N5/c1-2-17-8-10-18(11-9-17)13(16-14)15-12-6-4-3-5-7-12/h12H,2-11,14H2,1H3,(H,15,16). The van der Waals surface area contributed by atoms with Gasteiger partial charge in [0, 0.05) is 26.2 Å². The Hall–Kier alpha value is -0.810. The monoisotopic (exact) mass is 253 g/mol. The van der Waals surface area contributed by atoms with Crippen molar-refractivity contribution in [2.24, 2.45) is 10.8 Å². The summed E-state index contributed by atoms with van der Waals surface area (Å²) in [4.78, 5) is 9.57. The summed E-state index contributed by atoms with van der Waals surface area (Å²) in [5.74, 6) is 6.55. The number of nitrogens with one attached hydrogen (secondary N) is 1. The molecular weight excluding hydrogens is 226 g/mol. The van der Waals surface area contributed by atoms with Crippen LogP contribution in [0.15, 0.2) is 4.99 Å². The zero-order valence-corrected chi connectivity index (χ0v) is 11.6. The number of hydrogen-bond donors (Lipinski definition) is 2. The number of aliphatic imine (C=N–C) groups is 1. The van der Waals surface area contributed by atoms with E-state index in [2.05, 4.69) is 22.1 Å². The first-order chi connectivity index (χ1) is 8.83. The van der Waals surface area contributed by atoms with Gasteiger partial charge in [-0.2, -0.15) is 0 Å². The molecule has 5 nitrogen and oxygen atoms in total. The average molecular weight is 253 g/mol. The second-order valence-corrected chi connectivity index (χ2v) is 5.31. The van der Waals surface area contributed by atoms with Crippen molar-refractivity contribution in [2.75, 3.05) is 32.7 Å². The lowest BCUT2D eigenvalue weighted by atomic mass is 9.96. The number of nitrogens with two attached hydrogens (primary N) is 1. The lowest BCUT2D eigenvalue weighted by Gasteiger charge is -2.36. The Bertz CT molecular complexity index is 265. The number of hydrazine groups is 1. The van der Waals surface area contributed by atoms with E-state index in [0.717, 1.165) is 38.7 Å². The molecule has 2 aliphatic rings. The van der Waals surface area contributed by atoms with E-state index in [1.807, 2.05) is 0 Å². The molecule has 0 aromatic heterocycles. The largest absolute Gasteiger partial charge is 0.339 e. The Morgan fingerprint density at radius 2 is 1.83 bits per heavy atom. The van der Waals surface area contributed by atoms with Gasteiger partial charge in [-0.1, -0.05) is 26.2 Å². The summed E-state index contributed by atoms with van der Waals surface area (Å²) in [7, 11) is 0. The van der Waals surface area contributed by atoms with Gasteiger partial charge in [-0.25, -0.2) is 10.8 Å². The van der Waals surface area contributed by atoms with Gasteiger partial charge in [0.2, 0.25) is 5.96 Å². The predicted molar refractivity (Wildman–Crippen MR) is 75.3 cm³/mol. The van der Waals surface area contributed by atoms with Crippen LogP contribution in [0.25, 0.3) is 0 Å². The third-order valence-corrected chi connectivity index (χ3v) is 4.13. The summed E-state index contributed by atoms with van der Waals surface area (Å²) in [5.41, 5.74) is 2.81. The number of likely N-dealkylation sites (N-methyl/N-ethyl adjacent to an activating group) is 1. The Kier molecular flexibility index (Phi) is 5.26. The molecule has 1 heterocycles. The zero-order valence-electron chi connectivity index (χ0n) is 11.6. The fraction of sp³-hybridized carbons (Fsp3) is 0.923. The second kappa shape index (κ2) is 6.95. The van der Waals surface area contributed by atoms with Gasteiger partial charge in [0.25, 0.3) is 0 Å². The molecule has 0 atom stereocenters. The number of piperazine rings is 1. The summed E-state index contributed by atoms with van der Waals surface area (Å²) >= 11 is 0. The van der Waals surface area contributed by atoms with Crippen molar-refractivity contribution in [3.05, 3.63) is 0 Å². The van der Waals surface area contributed by atoms with Gasteiger partial charge in [0.15, 0.2) is 0 Å². The highest BCUT2D eigenvalue weighted by atomic mass is 15.4. The molecule has 0 spiro atoms. The fourth-order valence-corrected chi connectivity index (χ4v) is 2.87. The molecule has 1 aliphatic heterocycles. The summed E-state index contributed by atoms with van der Waals surface area (Å²) in [5, 5.41) is 0. The van der Waals surface area contributed by atoms with E-state index < -0.39 is 0 Å². The molecule has 104 valence electrons. The maximum atomic E-state index is 5.65. The molecule has 18 heavy (non-hydrogen) atoms. The van der Waals surface area contributed by atoms with Gasteiger partial charge in [-0.05, 0) is 19.4 Å². The Morgan fingerprint density at radius 3 is 2.39 bits per heavy atom. The highest BCUT2D eigenvalue weighted by molar-refractivity contribution is 5.79. The van der Waals surface area contributed by atoms with E-state index in [1.54, 1.807) is 0 Å². The van der Waals surface area contributed by atoms with Crippen LogP contribution in [0, 0.1) is 0 Å². The van der Waals surface area contributed by atoms with E-state index in [-0.39, 0.29) is 0 Å². The molecule has 0 aromatic carbocycles. The van der Waals surface area contributed by atoms with E-state index in [9.17, 15) is 0 Å². The number of rotatable bonds is 2. The molecule has 5 heteroatoms. The highest BCUT2D eigenvalue weighted by Gasteiger charge is 2.20. The molecule has 0 unspecified atom stereocenters. The molecule has 2 rings (SSSR count). The molecule has 1 aliphatic carbocycles. The minimum Gasteiger partial charge on any atom is -0.339 e. The van der Waals surface area contributed by atoms with E-state index >= 15 is 0 Å². The van der Waals surface area contributed by atoms with Crippen molar-refractivity contribution < 1.29 is 0 Å². The first kappa shape index (κ1) is 13.6. The second-order valence-electron chi connectivity index (χ2n) is 5.31. The molecule has 0 aromatic rings. The van der Waals surface area contributed by atoms with Crippen molar-refractivity contribution in [2.45, 2.75) is 45.1 Å². The quantitative estimate of drug-likeness (QED) is 0.330. The van der Waals surface area contributed by atoms with E-state index in [1.165, 1.54) is 32.1 Å². The summed E-state index contributed by atoms with van der Waals surface area (Å²) in [6, 6.07) is 0.481. The number of nitrogens with zero attached hydrogens (tertiary/aromatic N) is 3. The van der Waals surface area contributed by atoms with Crippen LogP contribution >= 0.6 is 0 Å². The summed E-state index contributed by atoms with van der Waals surface area (Å²) in [6.07, 6.45) is 6.44. The Balaban J connectivity index is 1.89. The first-order valence-electron chi connectivity index (χ1n) is 7.35. The van der Waals surface area contributed by atoms with Crippen LogP contribution < -0.4 is 11.3 Å². The molecule has 1 saturated heterocycles. The molecule has 0 bridgehead atoms. The van der Waals surface area contributed by atoms with Crippen LogP contribution in [0.4, 0.5) is 0 Å². The molecule has 1 saturated carbocycles. The van der Waals surface area contributed by atoms with Gasteiger partial charge in [-0.3, -0.25) is 5.43 Å². The van der Waals surface area contributed by atoms with Crippen molar-refractivity contribution in [3.8, 4) is 0 Å². The third kappa shape index (κ3) is 3.59. The topological polar surface area (TPSA) is 56.9 Å². The Morgan fingerprint density at radius 1 is 1.17 bits per heavy atom. The summed E-state index contributed by atoms with van der Waals surface area (Å²) < 4.78 is 0. The zero-order chi connectivity index (χ0) is 12.8. The van der Waals surface area contributed by atoms with Crippen LogP contribution in [-0.2, 0) is 0 Å². The lowest BCUT2D eigenvalue weighted by Crippen LogP contribution is -2.54. The minimum absolute atomic E-state index is 0.481. The van der Waals surface area contributed by atoms with Crippen LogP contribution in [0.5, 0.6) is 0 Å². The van der Waals surface area contributed by atoms with Gasteiger partial charge in [-0.15, -0.1) is 0 Å². The van der Waals surface area contributed by atoms with Gasteiger partial charge < -0.3 is 9.80 Å². The first-order valence-corrected chi connectivity index (χ1v) is 7.35. The normalized spacial score (nSPS) is 24.3. The molecule has 0 radical (unpaired) electrons. The average Bonchev–Trinajstić information content (AvgIpc) is 2.46. The predicted octanol–water partition coefficient (Wildman–Crippen LogP) is 0.776. The summed E-state index contributed by atoms with van der Waals surface area (Å²) in [6.45, 7) is 7.64. The van der Waals surface area contributed by atoms with Crippen molar-refractivity contribution in [1.82, 2.24) is 15.2 Å². The van der Waals surface area contributed by atoms with Crippen molar-refractivity contribution >= 4 is 5.96 Å². The molecule has 0 amide bonds. The van der Waals surface area contributed by atoms with Crippen LogP contribution in [-0.4, -0.2) is 54.5 Å². The fourth-order valence-electron chi connectivity index (χ4n) is 2.87. The molecular formula is C13H27N5. The van der Waals surface area contributed by atoms with Gasteiger partial charge in [0.05, 0.1) is 6.04 Å². The van der Waals surface area contributed by atoms with Crippen LogP contribution in [0.1, 0.15) is 39.0 Å². The SMILES string of the molecule is CCN1CCN(C(=NC2CCCCC2)NN)CC1. The maximum absolute atomic E-state index is 5.65. The minimum atomic E-state index is 0.481. The Labute approximate surface area is 110 Å². The molecule has 3 N–H and O–H groups in total.